The van der Waals surface area contributed by atoms with Gasteiger partial charge in [-0.05, 0) is 44.0 Å². The van der Waals surface area contributed by atoms with E-state index in [1.54, 1.807) is 0 Å². The van der Waals surface area contributed by atoms with Crippen LogP contribution >= 0.6 is 0 Å². The molecule has 1 unspecified atom stereocenters. The zero-order valence-corrected chi connectivity index (χ0v) is 10.8. The summed E-state index contributed by atoms with van der Waals surface area (Å²) in [5.74, 6) is 2.61. The van der Waals surface area contributed by atoms with Crippen molar-refractivity contribution < 1.29 is 0 Å². The molecule has 4 rings (SSSR count). The fourth-order valence-corrected chi connectivity index (χ4v) is 3.20. The Morgan fingerprint density at radius 3 is 2.59 bits per heavy atom. The quantitative estimate of drug-likeness (QED) is 0.775. The van der Waals surface area contributed by atoms with Crippen molar-refractivity contribution in [1.82, 2.24) is 9.88 Å². The molecule has 0 N–H and O–H groups in total. The van der Waals surface area contributed by atoms with E-state index in [1.165, 1.54) is 38.2 Å². The number of nitrogens with zero attached hydrogens (tertiary/aromatic N) is 3. The van der Waals surface area contributed by atoms with E-state index in [0.29, 0.717) is 5.92 Å². The minimum atomic E-state index is 0.664. The molecule has 1 atom stereocenters. The number of pyridine rings is 1. The van der Waals surface area contributed by atoms with Crippen molar-refractivity contribution in [2.24, 2.45) is 5.92 Å². The smallest absolute Gasteiger partial charge is 0.128 e. The topological polar surface area (TPSA) is 19.4 Å². The Morgan fingerprint density at radius 2 is 2.00 bits per heavy atom. The van der Waals surface area contributed by atoms with Crippen molar-refractivity contribution in [3.8, 4) is 0 Å². The lowest BCUT2D eigenvalue weighted by Gasteiger charge is -2.44. The highest BCUT2D eigenvalue weighted by molar-refractivity contribution is 5.38. The molecule has 0 saturated carbocycles. The third kappa shape index (κ3) is 2.04. The van der Waals surface area contributed by atoms with Crippen molar-refractivity contribution in [3.63, 3.8) is 0 Å². The van der Waals surface area contributed by atoms with Crippen LogP contribution in [-0.4, -0.2) is 43.6 Å². The molecule has 3 aliphatic rings. The van der Waals surface area contributed by atoms with E-state index >= 15 is 0 Å². The van der Waals surface area contributed by atoms with E-state index in [2.05, 4.69) is 42.1 Å². The third-order valence-electron chi connectivity index (χ3n) is 4.25. The average molecular weight is 231 g/mol. The van der Waals surface area contributed by atoms with Gasteiger partial charge >= 0.3 is 0 Å². The van der Waals surface area contributed by atoms with Crippen molar-refractivity contribution in [1.29, 1.82) is 0 Å². The minimum Gasteiger partial charge on any atom is -0.363 e. The summed E-state index contributed by atoms with van der Waals surface area (Å²) in [4.78, 5) is 9.49. The number of fused-ring (bicyclic) bond motifs is 3. The third-order valence-corrected chi connectivity index (χ3v) is 4.25. The van der Waals surface area contributed by atoms with Crippen LogP contribution in [0.1, 0.15) is 24.5 Å². The van der Waals surface area contributed by atoms with Gasteiger partial charge in [-0.25, -0.2) is 4.98 Å². The molecule has 0 spiro atoms. The Bertz CT molecular complexity index is 394. The normalized spacial score (nSPS) is 31.5. The summed E-state index contributed by atoms with van der Waals surface area (Å²) in [7, 11) is 4.12. The van der Waals surface area contributed by atoms with Crippen molar-refractivity contribution >= 4 is 5.82 Å². The van der Waals surface area contributed by atoms with E-state index in [4.69, 9.17) is 4.98 Å². The maximum atomic E-state index is 4.81. The minimum absolute atomic E-state index is 0.664. The molecule has 3 nitrogen and oxygen atoms in total. The molecule has 0 aliphatic carbocycles. The van der Waals surface area contributed by atoms with Gasteiger partial charge in [0.2, 0.25) is 0 Å². The number of hydrogen-bond acceptors (Lipinski definition) is 3. The fraction of sp³-hybridized carbons (Fsp3) is 0.643. The van der Waals surface area contributed by atoms with Gasteiger partial charge in [0, 0.05) is 32.3 Å². The average Bonchev–Trinajstić information content (AvgIpc) is 2.40. The number of hydrogen-bond donors (Lipinski definition) is 0. The van der Waals surface area contributed by atoms with E-state index in [0.717, 1.165) is 11.7 Å². The Kier molecular flexibility index (Phi) is 2.79. The molecule has 1 aromatic heterocycles. The first-order valence-electron chi connectivity index (χ1n) is 6.60. The number of piperidine rings is 3. The highest BCUT2D eigenvalue weighted by Gasteiger charge is 2.35. The number of rotatable bonds is 2. The van der Waals surface area contributed by atoms with Gasteiger partial charge in [-0.2, -0.15) is 0 Å². The summed E-state index contributed by atoms with van der Waals surface area (Å²) in [5.41, 5.74) is 1.30. The molecular weight excluding hydrogens is 210 g/mol. The summed E-state index contributed by atoms with van der Waals surface area (Å²) in [6.07, 6.45) is 2.72. The predicted octanol–water partition coefficient (Wildman–Crippen LogP) is 1.96. The number of aromatic nitrogens is 1. The summed E-state index contributed by atoms with van der Waals surface area (Å²) in [5, 5.41) is 0. The van der Waals surface area contributed by atoms with Gasteiger partial charge in [0.05, 0.1) is 0 Å². The first kappa shape index (κ1) is 11.0. The molecule has 1 aromatic rings. The monoisotopic (exact) mass is 231 g/mol. The Hall–Kier alpha value is -1.09. The first-order chi connectivity index (χ1) is 8.24. The summed E-state index contributed by atoms with van der Waals surface area (Å²) in [6.45, 7) is 3.82. The maximum absolute atomic E-state index is 4.81. The molecule has 0 aromatic carbocycles. The predicted molar refractivity (Wildman–Crippen MR) is 70.5 cm³/mol. The van der Waals surface area contributed by atoms with Crippen molar-refractivity contribution in [2.75, 3.05) is 38.6 Å². The van der Waals surface area contributed by atoms with Crippen molar-refractivity contribution in [3.05, 3.63) is 23.9 Å². The highest BCUT2D eigenvalue weighted by atomic mass is 15.2. The second-order valence-electron chi connectivity index (χ2n) is 5.56. The van der Waals surface area contributed by atoms with Crippen LogP contribution in [-0.2, 0) is 0 Å². The van der Waals surface area contributed by atoms with E-state index < -0.39 is 0 Å². The Labute approximate surface area is 103 Å². The van der Waals surface area contributed by atoms with E-state index in [-0.39, 0.29) is 0 Å². The Morgan fingerprint density at radius 1 is 1.24 bits per heavy atom. The van der Waals surface area contributed by atoms with Crippen LogP contribution < -0.4 is 4.90 Å². The van der Waals surface area contributed by atoms with Crippen LogP contribution in [0.5, 0.6) is 0 Å². The fourth-order valence-electron chi connectivity index (χ4n) is 3.20. The zero-order valence-electron chi connectivity index (χ0n) is 10.8. The van der Waals surface area contributed by atoms with Gasteiger partial charge in [0.25, 0.3) is 0 Å². The SMILES string of the molecule is CN(C)c1cccc(C2CN3CCC2CC3)n1. The molecule has 17 heavy (non-hydrogen) atoms. The standard InChI is InChI=1S/C14H21N3/c1-16(2)14-5-3-4-13(15-14)12-10-17-8-6-11(12)7-9-17/h3-5,11-12H,6-10H2,1-2H3. The van der Waals surface area contributed by atoms with Crippen molar-refractivity contribution in [2.45, 2.75) is 18.8 Å². The molecule has 3 fully saturated rings. The van der Waals surface area contributed by atoms with Gasteiger partial charge in [0.1, 0.15) is 5.82 Å². The molecule has 92 valence electrons. The first-order valence-corrected chi connectivity index (χ1v) is 6.60. The van der Waals surface area contributed by atoms with Crippen LogP contribution in [0.15, 0.2) is 18.2 Å². The second kappa shape index (κ2) is 4.30. The summed E-state index contributed by atoms with van der Waals surface area (Å²) < 4.78 is 0. The molecule has 3 saturated heterocycles. The highest BCUT2D eigenvalue weighted by Crippen LogP contribution is 2.38. The maximum Gasteiger partial charge on any atom is 0.128 e. The lowest BCUT2D eigenvalue weighted by molar-refractivity contribution is 0.0855. The van der Waals surface area contributed by atoms with Gasteiger partial charge in [-0.15, -0.1) is 0 Å². The van der Waals surface area contributed by atoms with Crippen LogP contribution in [0, 0.1) is 5.92 Å². The molecule has 2 bridgehead atoms. The van der Waals surface area contributed by atoms with Crippen LogP contribution in [0.2, 0.25) is 0 Å². The molecular formula is C14H21N3. The lowest BCUT2D eigenvalue weighted by atomic mass is 9.77. The van der Waals surface area contributed by atoms with Crippen LogP contribution in [0.3, 0.4) is 0 Å². The van der Waals surface area contributed by atoms with Gasteiger partial charge in [-0.1, -0.05) is 6.07 Å². The molecule has 0 radical (unpaired) electrons. The van der Waals surface area contributed by atoms with E-state index in [1.807, 2.05) is 0 Å². The number of anilines is 1. The zero-order chi connectivity index (χ0) is 11.8. The summed E-state index contributed by atoms with van der Waals surface area (Å²) >= 11 is 0. The summed E-state index contributed by atoms with van der Waals surface area (Å²) in [6, 6.07) is 6.44. The second-order valence-corrected chi connectivity index (χ2v) is 5.56. The molecule has 0 amide bonds. The Balaban J connectivity index is 1.86. The van der Waals surface area contributed by atoms with Crippen LogP contribution in [0.25, 0.3) is 0 Å². The molecule has 4 heterocycles. The largest absolute Gasteiger partial charge is 0.363 e. The van der Waals surface area contributed by atoms with Crippen LogP contribution in [0.4, 0.5) is 5.82 Å². The lowest BCUT2D eigenvalue weighted by Crippen LogP contribution is -2.46. The van der Waals surface area contributed by atoms with E-state index in [9.17, 15) is 0 Å². The van der Waals surface area contributed by atoms with Gasteiger partial charge in [-0.3, -0.25) is 0 Å². The van der Waals surface area contributed by atoms with Gasteiger partial charge in [0.15, 0.2) is 0 Å². The molecule has 3 aliphatic heterocycles. The van der Waals surface area contributed by atoms with Gasteiger partial charge < -0.3 is 9.80 Å². The molecule has 3 heteroatoms.